The van der Waals surface area contributed by atoms with Crippen LogP contribution in [0.25, 0.3) is 0 Å². The van der Waals surface area contributed by atoms with E-state index in [1.807, 2.05) is 0 Å². The maximum Gasteiger partial charge on any atom is 0.0924 e. The first-order valence-corrected chi connectivity index (χ1v) is 16.1. The van der Waals surface area contributed by atoms with Crippen molar-refractivity contribution in [2.24, 2.45) is 42.7 Å². The smallest absolute Gasteiger partial charge is 0.0924 e. The van der Waals surface area contributed by atoms with Gasteiger partial charge in [0.15, 0.2) is 0 Å². The molecule has 2 N–H and O–H groups in total. The Morgan fingerprint density at radius 1 is 0.525 bits per heavy atom. The lowest BCUT2D eigenvalue weighted by atomic mass is 9.49. The summed E-state index contributed by atoms with van der Waals surface area (Å²) in [6, 6.07) is 0. The Kier molecular flexibility index (Phi) is 5.92. The number of rotatable bonds is 1. The second-order valence-corrected chi connectivity index (χ2v) is 19.4. The van der Waals surface area contributed by atoms with Crippen LogP contribution in [0.15, 0.2) is 32.5 Å². The molecule has 40 heavy (non-hydrogen) atoms. The zero-order chi connectivity index (χ0) is 29.4. The molecular formula is C36H56N2O2. The van der Waals surface area contributed by atoms with Crippen LogP contribution in [0.3, 0.4) is 0 Å². The van der Waals surface area contributed by atoms with Crippen LogP contribution in [0, 0.1) is 32.5 Å². The molecule has 4 unspecified atom stereocenters. The summed E-state index contributed by atoms with van der Waals surface area (Å²) in [5.74, 6) is 0. The number of fused-ring (bicyclic) bond motifs is 6. The minimum atomic E-state index is -0.814. The molecule has 0 saturated heterocycles. The van der Waals surface area contributed by atoms with Gasteiger partial charge in [-0.3, -0.25) is 0 Å². The van der Waals surface area contributed by atoms with Gasteiger partial charge in [0.25, 0.3) is 0 Å². The largest absolute Gasteiger partial charge is 0.389 e. The summed E-state index contributed by atoms with van der Waals surface area (Å²) in [6.45, 7) is 23.6. The van der Waals surface area contributed by atoms with Gasteiger partial charge in [-0.05, 0) is 109 Å². The Labute approximate surface area is 243 Å². The summed E-state index contributed by atoms with van der Waals surface area (Å²) in [5.41, 5.74) is 6.66. The van der Waals surface area contributed by atoms with Crippen LogP contribution in [-0.4, -0.2) is 32.8 Å². The average Bonchev–Trinajstić information content (AvgIpc) is 2.66. The van der Waals surface area contributed by atoms with Gasteiger partial charge in [-0.1, -0.05) is 80.4 Å². The summed E-state index contributed by atoms with van der Waals surface area (Å²) < 4.78 is 0. The van der Waals surface area contributed by atoms with Crippen LogP contribution in [0.5, 0.6) is 0 Å². The van der Waals surface area contributed by atoms with Crippen molar-refractivity contribution < 1.29 is 10.2 Å². The molecule has 222 valence electrons. The predicted molar refractivity (Wildman–Crippen MR) is 166 cm³/mol. The lowest BCUT2D eigenvalue weighted by molar-refractivity contribution is -0.0905. The van der Waals surface area contributed by atoms with Gasteiger partial charge in [-0.2, -0.15) is 10.2 Å². The molecule has 4 bridgehead atoms. The second kappa shape index (κ2) is 8.22. The highest BCUT2D eigenvalue weighted by Gasteiger charge is 2.58. The number of nitrogens with zero attached hydrogens (tertiary/aromatic N) is 2. The van der Waals surface area contributed by atoms with Crippen molar-refractivity contribution in [2.45, 2.75) is 157 Å². The third-order valence-electron chi connectivity index (χ3n) is 11.4. The third kappa shape index (κ3) is 4.91. The molecular weight excluding hydrogens is 492 g/mol. The predicted octanol–water partition coefficient (Wildman–Crippen LogP) is 8.72. The molecule has 0 aliphatic heterocycles. The maximum atomic E-state index is 12.3. The van der Waals surface area contributed by atoms with Crippen molar-refractivity contribution in [3.8, 4) is 0 Å². The van der Waals surface area contributed by atoms with Crippen molar-refractivity contribution in [1.29, 1.82) is 0 Å². The highest BCUT2D eigenvalue weighted by molar-refractivity contribution is 6.06. The van der Waals surface area contributed by atoms with Crippen molar-refractivity contribution >= 4 is 11.4 Å². The quantitative estimate of drug-likeness (QED) is 0.322. The summed E-state index contributed by atoms with van der Waals surface area (Å²) in [7, 11) is 0. The van der Waals surface area contributed by atoms with Gasteiger partial charge in [0, 0.05) is 12.0 Å². The zero-order valence-corrected chi connectivity index (χ0v) is 27.3. The Bertz CT molecular complexity index is 1280. The molecule has 4 nitrogen and oxygen atoms in total. The van der Waals surface area contributed by atoms with Crippen molar-refractivity contribution in [3.05, 3.63) is 22.3 Å². The monoisotopic (exact) mass is 548 g/mol. The average molecular weight is 549 g/mol. The molecule has 6 aliphatic carbocycles. The topological polar surface area (TPSA) is 65.2 Å². The van der Waals surface area contributed by atoms with Crippen LogP contribution >= 0.6 is 0 Å². The first kappa shape index (κ1) is 28.8. The fourth-order valence-corrected chi connectivity index (χ4v) is 11.9. The molecule has 0 radical (unpaired) electrons. The minimum Gasteiger partial charge on any atom is -0.389 e. The standard InChI is InChI=1S/C36H56N2O2/c1-29(2)11-23-12-33(9)17-31(5,6)20-36(40,21-33)28(23)27(16-29)38-37-26-15-30(3,4)14-25-24(26)13-35(39)19-32(7,8)18-34(25,10)22-35/h39-40H,11-22H2,1-10H3/b37-26+,38-27-. The van der Waals surface area contributed by atoms with Gasteiger partial charge < -0.3 is 10.2 Å². The molecule has 0 heterocycles. The van der Waals surface area contributed by atoms with Gasteiger partial charge in [0.1, 0.15) is 0 Å². The van der Waals surface area contributed by atoms with Gasteiger partial charge in [-0.25, -0.2) is 0 Å². The Morgan fingerprint density at radius 2 is 1.12 bits per heavy atom. The van der Waals surface area contributed by atoms with E-state index in [0.717, 1.165) is 81.2 Å². The van der Waals surface area contributed by atoms with Crippen LogP contribution < -0.4 is 0 Å². The van der Waals surface area contributed by atoms with E-state index in [1.165, 1.54) is 23.1 Å². The third-order valence-corrected chi connectivity index (χ3v) is 11.4. The first-order valence-electron chi connectivity index (χ1n) is 16.1. The summed E-state index contributed by atoms with van der Waals surface area (Å²) in [5, 5.41) is 34.5. The van der Waals surface area contributed by atoms with E-state index in [4.69, 9.17) is 10.2 Å². The van der Waals surface area contributed by atoms with Crippen LogP contribution in [0.2, 0.25) is 0 Å². The van der Waals surface area contributed by atoms with Gasteiger partial charge in [0.05, 0.1) is 22.6 Å². The van der Waals surface area contributed by atoms with Crippen LogP contribution in [0.4, 0.5) is 0 Å². The number of hydrogen-bond donors (Lipinski definition) is 2. The molecule has 0 aromatic heterocycles. The normalized spacial score (nSPS) is 44.9. The van der Waals surface area contributed by atoms with Crippen molar-refractivity contribution in [1.82, 2.24) is 0 Å². The van der Waals surface area contributed by atoms with Gasteiger partial charge >= 0.3 is 0 Å². The molecule has 2 fully saturated rings. The number of aliphatic hydroxyl groups is 2. The number of allylic oxidation sites excluding steroid dienone is 2. The van der Waals surface area contributed by atoms with E-state index >= 15 is 0 Å². The Morgan fingerprint density at radius 3 is 1.82 bits per heavy atom. The number of hydrogen-bond acceptors (Lipinski definition) is 4. The van der Waals surface area contributed by atoms with E-state index in [2.05, 4.69) is 69.2 Å². The molecule has 6 aliphatic rings. The lowest BCUT2D eigenvalue weighted by Gasteiger charge is -2.58. The zero-order valence-electron chi connectivity index (χ0n) is 27.3. The molecule has 4 heteroatoms. The summed E-state index contributed by atoms with van der Waals surface area (Å²) >= 11 is 0. The molecule has 0 aromatic rings. The first-order chi connectivity index (χ1) is 18.0. The summed E-state index contributed by atoms with van der Waals surface area (Å²) in [6.07, 6.45) is 11.3. The van der Waals surface area contributed by atoms with E-state index in [0.29, 0.717) is 6.42 Å². The SMILES string of the molecule is CC1(C)CC2=C(/C(=N\N=C3/CC(C)(C)CC4=C3CC3(O)CC(C)(C)CC4(C)C3)C1)C1(O)CC(C)(C)CC(C)(C2)C1. The summed E-state index contributed by atoms with van der Waals surface area (Å²) in [4.78, 5) is 0. The highest BCUT2D eigenvalue weighted by atomic mass is 16.3. The molecule has 0 amide bonds. The van der Waals surface area contributed by atoms with Gasteiger partial charge in [-0.15, -0.1) is 0 Å². The van der Waals surface area contributed by atoms with Crippen molar-refractivity contribution in [3.63, 3.8) is 0 Å². The van der Waals surface area contributed by atoms with E-state index in [9.17, 15) is 10.2 Å². The molecule has 0 spiro atoms. The Balaban J connectivity index is 1.47. The van der Waals surface area contributed by atoms with E-state index in [-0.39, 0.29) is 32.5 Å². The van der Waals surface area contributed by atoms with E-state index in [1.54, 1.807) is 0 Å². The van der Waals surface area contributed by atoms with Gasteiger partial charge in [0.2, 0.25) is 0 Å². The molecule has 6 rings (SSSR count). The molecule has 2 saturated carbocycles. The van der Waals surface area contributed by atoms with Crippen LogP contribution in [-0.2, 0) is 0 Å². The van der Waals surface area contributed by atoms with E-state index < -0.39 is 11.2 Å². The fraction of sp³-hybridized carbons (Fsp3) is 0.833. The van der Waals surface area contributed by atoms with Crippen LogP contribution in [0.1, 0.15) is 146 Å². The second-order valence-electron chi connectivity index (χ2n) is 19.4. The fourth-order valence-electron chi connectivity index (χ4n) is 11.9. The van der Waals surface area contributed by atoms with Crippen molar-refractivity contribution in [2.75, 3.05) is 0 Å². The molecule has 0 aromatic carbocycles. The molecule has 4 atom stereocenters. The lowest BCUT2D eigenvalue weighted by Crippen LogP contribution is -2.54. The minimum absolute atomic E-state index is 0.00881. The highest BCUT2D eigenvalue weighted by Crippen LogP contribution is 2.64. The maximum absolute atomic E-state index is 12.3. The Hall–Kier alpha value is -1.26.